The lowest BCUT2D eigenvalue weighted by Gasteiger charge is -2.27. The second-order valence-electron chi connectivity index (χ2n) is 7.10. The molecule has 1 aliphatic rings. The van der Waals surface area contributed by atoms with Crippen molar-refractivity contribution in [2.75, 3.05) is 19.8 Å². The summed E-state index contributed by atoms with van der Waals surface area (Å²) in [5.41, 5.74) is 3.11. The molecule has 2 atom stereocenters. The first-order valence-electron chi connectivity index (χ1n) is 9.76. The van der Waals surface area contributed by atoms with E-state index in [-0.39, 0.29) is 29.4 Å². The molecule has 0 spiro atoms. The topological polar surface area (TPSA) is 88.0 Å². The molecule has 29 heavy (non-hydrogen) atoms. The standard InChI is InChI=1S/C22H26ClNO5/c1-2-28-22(27)13-29-18-7-4-14-3-6-17(9-16(14)10-18)24-12-21(26)15-5-8-20(25)19(23)11-15/h4-5,7-8,10-11,17,21,24-26H,2-3,6,9,12-13H2,1H3. The van der Waals surface area contributed by atoms with E-state index in [1.807, 2.05) is 18.2 Å². The molecular weight excluding hydrogens is 394 g/mol. The monoisotopic (exact) mass is 419 g/mol. The van der Waals surface area contributed by atoms with Gasteiger partial charge in [0.2, 0.25) is 0 Å². The minimum atomic E-state index is -0.714. The Morgan fingerprint density at radius 1 is 1.28 bits per heavy atom. The van der Waals surface area contributed by atoms with E-state index in [9.17, 15) is 15.0 Å². The molecule has 2 aromatic rings. The second kappa shape index (κ2) is 9.96. The van der Waals surface area contributed by atoms with Gasteiger partial charge in [-0.15, -0.1) is 0 Å². The number of aliphatic hydroxyl groups is 1. The fraction of sp³-hybridized carbons (Fsp3) is 0.409. The summed E-state index contributed by atoms with van der Waals surface area (Å²) >= 11 is 5.92. The first-order valence-corrected chi connectivity index (χ1v) is 10.1. The molecule has 3 N–H and O–H groups in total. The Labute approximate surface area is 175 Å². The normalized spacial score (nSPS) is 16.7. The SMILES string of the molecule is CCOC(=O)COc1ccc2c(c1)CC(NCC(O)c1ccc(O)c(Cl)c1)CC2. The number of carbonyl (C=O) groups excluding carboxylic acids is 1. The Hall–Kier alpha value is -2.28. The molecule has 0 aromatic heterocycles. The number of fused-ring (bicyclic) bond motifs is 1. The Kier molecular flexibility index (Phi) is 7.36. The Morgan fingerprint density at radius 3 is 2.86 bits per heavy atom. The highest BCUT2D eigenvalue weighted by molar-refractivity contribution is 6.32. The predicted molar refractivity (Wildman–Crippen MR) is 110 cm³/mol. The summed E-state index contributed by atoms with van der Waals surface area (Å²) in [6.45, 7) is 2.38. The van der Waals surface area contributed by atoms with Crippen molar-refractivity contribution in [2.24, 2.45) is 0 Å². The number of carbonyl (C=O) groups is 1. The largest absolute Gasteiger partial charge is 0.506 e. The molecule has 3 rings (SSSR count). The number of phenols is 1. The van der Waals surface area contributed by atoms with Crippen LogP contribution in [0.15, 0.2) is 36.4 Å². The lowest BCUT2D eigenvalue weighted by molar-refractivity contribution is -0.145. The van der Waals surface area contributed by atoms with Crippen molar-refractivity contribution in [3.8, 4) is 11.5 Å². The highest BCUT2D eigenvalue weighted by Crippen LogP contribution is 2.28. The van der Waals surface area contributed by atoms with E-state index in [0.717, 1.165) is 19.3 Å². The van der Waals surface area contributed by atoms with Gasteiger partial charge in [-0.05, 0) is 67.1 Å². The van der Waals surface area contributed by atoms with Crippen LogP contribution in [0.1, 0.15) is 36.1 Å². The Balaban J connectivity index is 1.54. The van der Waals surface area contributed by atoms with Crippen molar-refractivity contribution in [2.45, 2.75) is 38.3 Å². The van der Waals surface area contributed by atoms with Gasteiger partial charge in [-0.2, -0.15) is 0 Å². The van der Waals surface area contributed by atoms with Crippen molar-refractivity contribution >= 4 is 17.6 Å². The summed E-state index contributed by atoms with van der Waals surface area (Å²) in [6.07, 6.45) is 2.01. The Morgan fingerprint density at radius 2 is 2.10 bits per heavy atom. The number of halogens is 1. The number of aromatic hydroxyl groups is 1. The maximum Gasteiger partial charge on any atom is 0.344 e. The summed E-state index contributed by atoms with van der Waals surface area (Å²) in [5.74, 6) is 0.268. The number of hydrogen-bond donors (Lipinski definition) is 3. The summed E-state index contributed by atoms with van der Waals surface area (Å²) in [5, 5.41) is 23.5. The van der Waals surface area contributed by atoms with Crippen LogP contribution < -0.4 is 10.1 Å². The van der Waals surface area contributed by atoms with Gasteiger partial charge in [-0.1, -0.05) is 23.7 Å². The van der Waals surface area contributed by atoms with Crippen molar-refractivity contribution < 1.29 is 24.5 Å². The number of rotatable bonds is 8. The molecule has 0 aliphatic heterocycles. The zero-order chi connectivity index (χ0) is 20.8. The lowest BCUT2D eigenvalue weighted by Crippen LogP contribution is -2.37. The number of nitrogens with one attached hydrogen (secondary N) is 1. The number of aliphatic hydroxyl groups excluding tert-OH is 1. The minimum Gasteiger partial charge on any atom is -0.506 e. The van der Waals surface area contributed by atoms with Gasteiger partial charge >= 0.3 is 5.97 Å². The third-order valence-corrected chi connectivity index (χ3v) is 5.33. The van der Waals surface area contributed by atoms with Gasteiger partial charge < -0.3 is 25.0 Å². The van der Waals surface area contributed by atoms with E-state index in [2.05, 4.69) is 5.32 Å². The van der Waals surface area contributed by atoms with Crippen LogP contribution in [-0.2, 0) is 22.4 Å². The van der Waals surface area contributed by atoms with Crippen LogP contribution >= 0.6 is 11.6 Å². The maximum absolute atomic E-state index is 11.5. The van der Waals surface area contributed by atoms with Gasteiger partial charge in [0.25, 0.3) is 0 Å². The molecule has 2 aromatic carbocycles. The van der Waals surface area contributed by atoms with Crippen LogP contribution in [-0.4, -0.2) is 42.0 Å². The molecule has 0 fully saturated rings. The van der Waals surface area contributed by atoms with Gasteiger partial charge in [-0.25, -0.2) is 4.79 Å². The molecule has 6 nitrogen and oxygen atoms in total. The van der Waals surface area contributed by atoms with E-state index in [4.69, 9.17) is 21.1 Å². The van der Waals surface area contributed by atoms with E-state index in [0.29, 0.717) is 24.5 Å². The van der Waals surface area contributed by atoms with Gasteiger partial charge in [0.15, 0.2) is 6.61 Å². The van der Waals surface area contributed by atoms with Gasteiger partial charge in [-0.3, -0.25) is 0 Å². The van der Waals surface area contributed by atoms with Crippen LogP contribution in [0.4, 0.5) is 0 Å². The molecule has 0 saturated carbocycles. The van der Waals surface area contributed by atoms with Crippen molar-refractivity contribution in [1.82, 2.24) is 5.32 Å². The zero-order valence-electron chi connectivity index (χ0n) is 16.4. The molecule has 0 bridgehead atoms. The second-order valence-corrected chi connectivity index (χ2v) is 7.51. The fourth-order valence-electron chi connectivity index (χ4n) is 3.47. The lowest BCUT2D eigenvalue weighted by atomic mass is 9.88. The maximum atomic E-state index is 11.5. The van der Waals surface area contributed by atoms with E-state index in [1.54, 1.807) is 19.1 Å². The smallest absolute Gasteiger partial charge is 0.344 e. The molecular formula is C22H26ClNO5. The average Bonchev–Trinajstić information content (AvgIpc) is 2.72. The summed E-state index contributed by atoms with van der Waals surface area (Å²) in [7, 11) is 0. The van der Waals surface area contributed by atoms with E-state index in [1.165, 1.54) is 17.2 Å². The molecule has 0 heterocycles. The average molecular weight is 420 g/mol. The number of phenolic OH excluding ortho intramolecular Hbond substituents is 1. The molecule has 0 saturated heterocycles. The number of ether oxygens (including phenoxy) is 2. The molecule has 7 heteroatoms. The van der Waals surface area contributed by atoms with Crippen LogP contribution in [0, 0.1) is 0 Å². The van der Waals surface area contributed by atoms with E-state index >= 15 is 0 Å². The number of aryl methyl sites for hydroxylation is 1. The highest BCUT2D eigenvalue weighted by atomic mass is 35.5. The minimum absolute atomic E-state index is 0.000410. The van der Waals surface area contributed by atoms with E-state index < -0.39 is 6.10 Å². The summed E-state index contributed by atoms with van der Waals surface area (Å²) < 4.78 is 10.4. The zero-order valence-corrected chi connectivity index (χ0v) is 17.1. The van der Waals surface area contributed by atoms with Gasteiger partial charge in [0.1, 0.15) is 11.5 Å². The number of hydrogen-bond acceptors (Lipinski definition) is 6. The highest BCUT2D eigenvalue weighted by Gasteiger charge is 2.20. The number of esters is 1. The van der Waals surface area contributed by atoms with Gasteiger partial charge in [0, 0.05) is 12.6 Å². The van der Waals surface area contributed by atoms with Crippen molar-refractivity contribution in [3.63, 3.8) is 0 Å². The quantitative estimate of drug-likeness (QED) is 0.569. The van der Waals surface area contributed by atoms with Crippen LogP contribution in [0.5, 0.6) is 11.5 Å². The van der Waals surface area contributed by atoms with Gasteiger partial charge in [0.05, 0.1) is 17.7 Å². The first kappa shape index (κ1) is 21.4. The van der Waals surface area contributed by atoms with Crippen molar-refractivity contribution in [3.05, 3.63) is 58.1 Å². The fourth-order valence-corrected chi connectivity index (χ4v) is 3.66. The Bertz CT molecular complexity index is 857. The molecule has 0 radical (unpaired) electrons. The summed E-state index contributed by atoms with van der Waals surface area (Å²) in [6, 6.07) is 10.8. The number of benzene rings is 2. The molecule has 1 aliphatic carbocycles. The molecule has 2 unspecified atom stereocenters. The first-order chi connectivity index (χ1) is 14.0. The van der Waals surface area contributed by atoms with Crippen molar-refractivity contribution in [1.29, 1.82) is 0 Å². The summed E-state index contributed by atoms with van der Waals surface area (Å²) in [4.78, 5) is 11.5. The molecule has 0 amide bonds. The van der Waals surface area contributed by atoms with Crippen LogP contribution in [0.2, 0.25) is 5.02 Å². The van der Waals surface area contributed by atoms with Crippen LogP contribution in [0.3, 0.4) is 0 Å². The third kappa shape index (κ3) is 5.85. The molecule has 156 valence electrons. The third-order valence-electron chi connectivity index (χ3n) is 5.02. The van der Waals surface area contributed by atoms with Crippen LogP contribution in [0.25, 0.3) is 0 Å². The predicted octanol–water partition coefficient (Wildman–Crippen LogP) is 3.17.